The molecular formula is C6H6N4OS. The van der Waals surface area contributed by atoms with E-state index in [0.717, 1.165) is 0 Å². The van der Waals surface area contributed by atoms with Crippen LogP contribution in [0, 0.1) is 0 Å². The summed E-state index contributed by atoms with van der Waals surface area (Å²) in [5.41, 5.74) is 0.464. The van der Waals surface area contributed by atoms with Gasteiger partial charge in [0.2, 0.25) is 0 Å². The molecule has 1 unspecified atom stereocenters. The van der Waals surface area contributed by atoms with E-state index < -0.39 is 6.23 Å². The molecule has 5 nitrogen and oxygen atoms in total. The summed E-state index contributed by atoms with van der Waals surface area (Å²) in [7, 11) is 0. The molecule has 62 valence electrons. The first kappa shape index (κ1) is 7.38. The van der Waals surface area contributed by atoms with Crippen LogP contribution in [-0.2, 0) is 0 Å². The molecule has 0 fully saturated rings. The minimum absolute atomic E-state index is 0.357. The fourth-order valence-electron chi connectivity index (χ4n) is 0.981. The predicted octanol–water partition coefficient (Wildman–Crippen LogP) is -0.233. The number of hydrogen-bond donors (Lipinski definition) is 3. The van der Waals surface area contributed by atoms with Crippen LogP contribution in [-0.4, -0.2) is 20.2 Å². The molecule has 0 spiro atoms. The van der Waals surface area contributed by atoms with Crippen molar-refractivity contribution in [3.8, 4) is 0 Å². The molecule has 0 aromatic carbocycles. The number of aliphatic hydroxyl groups is 1. The van der Waals surface area contributed by atoms with Gasteiger partial charge in [0.25, 0.3) is 0 Å². The van der Waals surface area contributed by atoms with Crippen molar-refractivity contribution in [2.75, 3.05) is 5.32 Å². The highest BCUT2D eigenvalue weighted by molar-refractivity contribution is 7.80. The number of aliphatic hydroxyl groups excluding tert-OH is 1. The molecule has 0 saturated carbocycles. The fourth-order valence-corrected chi connectivity index (χ4v) is 1.19. The van der Waals surface area contributed by atoms with E-state index in [2.05, 4.69) is 20.6 Å². The zero-order chi connectivity index (χ0) is 8.55. The Kier molecular flexibility index (Phi) is 1.63. The fraction of sp³-hybridized carbons (Fsp3) is 0.167. The minimum atomic E-state index is -0.859. The van der Waals surface area contributed by atoms with Crippen molar-refractivity contribution in [3.05, 3.63) is 18.1 Å². The van der Waals surface area contributed by atoms with Crippen LogP contribution in [0.1, 0.15) is 11.9 Å². The lowest BCUT2D eigenvalue weighted by atomic mass is 10.3. The van der Waals surface area contributed by atoms with Crippen LogP contribution in [0.3, 0.4) is 0 Å². The van der Waals surface area contributed by atoms with Crippen molar-refractivity contribution < 1.29 is 5.11 Å². The number of fused-ring (bicyclic) bond motifs is 1. The third-order valence-electron chi connectivity index (χ3n) is 1.49. The Bertz CT molecular complexity index is 329. The first-order chi connectivity index (χ1) is 5.77. The molecule has 2 rings (SSSR count). The molecule has 1 aliphatic rings. The summed E-state index contributed by atoms with van der Waals surface area (Å²) in [6.07, 6.45) is 2.19. The van der Waals surface area contributed by atoms with E-state index in [0.29, 0.717) is 16.6 Å². The molecule has 1 aliphatic heterocycles. The van der Waals surface area contributed by atoms with Gasteiger partial charge < -0.3 is 15.7 Å². The largest absolute Gasteiger partial charge is 0.368 e. The van der Waals surface area contributed by atoms with Gasteiger partial charge in [-0.25, -0.2) is 4.98 Å². The number of rotatable bonds is 0. The lowest BCUT2D eigenvalue weighted by Crippen LogP contribution is -2.38. The maximum atomic E-state index is 9.39. The molecule has 2 heterocycles. The van der Waals surface area contributed by atoms with Gasteiger partial charge >= 0.3 is 0 Å². The van der Waals surface area contributed by atoms with E-state index in [4.69, 9.17) is 12.2 Å². The average molecular weight is 182 g/mol. The van der Waals surface area contributed by atoms with Crippen molar-refractivity contribution in [2.24, 2.45) is 0 Å². The van der Waals surface area contributed by atoms with E-state index >= 15 is 0 Å². The Morgan fingerprint density at radius 3 is 3.00 bits per heavy atom. The molecule has 6 heteroatoms. The highest BCUT2D eigenvalue weighted by Gasteiger charge is 2.21. The molecule has 0 amide bonds. The van der Waals surface area contributed by atoms with Crippen LogP contribution in [0.2, 0.25) is 0 Å². The number of aromatic nitrogens is 2. The maximum Gasteiger partial charge on any atom is 0.174 e. The number of nitrogens with zero attached hydrogens (tertiary/aromatic N) is 2. The molecule has 0 aliphatic carbocycles. The van der Waals surface area contributed by atoms with Gasteiger partial charge in [-0.15, -0.1) is 0 Å². The number of hydrogen-bond acceptors (Lipinski definition) is 4. The monoisotopic (exact) mass is 182 g/mol. The van der Waals surface area contributed by atoms with Crippen LogP contribution in [0.5, 0.6) is 0 Å². The summed E-state index contributed by atoms with van der Waals surface area (Å²) < 4.78 is 0. The predicted molar refractivity (Wildman–Crippen MR) is 46.3 cm³/mol. The summed E-state index contributed by atoms with van der Waals surface area (Å²) in [6.45, 7) is 0. The SMILES string of the molecule is OC1NC(=S)Nc2nccnc21. The molecule has 0 bridgehead atoms. The lowest BCUT2D eigenvalue weighted by molar-refractivity contribution is 0.157. The second kappa shape index (κ2) is 2.65. The molecule has 1 atom stereocenters. The summed E-state index contributed by atoms with van der Waals surface area (Å²) in [6, 6.07) is 0. The molecule has 1 aromatic rings. The Labute approximate surface area is 73.8 Å². The summed E-state index contributed by atoms with van der Waals surface area (Å²) in [4.78, 5) is 7.90. The van der Waals surface area contributed by atoms with Crippen LogP contribution in [0.15, 0.2) is 12.4 Å². The molecule has 3 N–H and O–H groups in total. The van der Waals surface area contributed by atoms with Gasteiger partial charge in [0.1, 0.15) is 5.69 Å². The van der Waals surface area contributed by atoms with Crippen molar-refractivity contribution in [1.29, 1.82) is 0 Å². The van der Waals surface area contributed by atoms with Crippen molar-refractivity contribution in [2.45, 2.75) is 6.23 Å². The van der Waals surface area contributed by atoms with Crippen LogP contribution in [0.4, 0.5) is 5.82 Å². The molecule has 0 saturated heterocycles. The van der Waals surface area contributed by atoms with Gasteiger partial charge in [-0.2, -0.15) is 0 Å². The highest BCUT2D eigenvalue weighted by atomic mass is 32.1. The van der Waals surface area contributed by atoms with Crippen LogP contribution < -0.4 is 10.6 Å². The van der Waals surface area contributed by atoms with Gasteiger partial charge in [0.15, 0.2) is 17.2 Å². The van der Waals surface area contributed by atoms with Gasteiger partial charge in [0.05, 0.1) is 0 Å². The van der Waals surface area contributed by atoms with Crippen LogP contribution >= 0.6 is 12.2 Å². The van der Waals surface area contributed by atoms with Gasteiger partial charge in [-0.05, 0) is 12.2 Å². The van der Waals surface area contributed by atoms with E-state index in [1.54, 1.807) is 0 Å². The summed E-state index contributed by atoms with van der Waals surface area (Å²) >= 11 is 4.81. The molecule has 0 radical (unpaired) electrons. The lowest BCUT2D eigenvalue weighted by Gasteiger charge is -2.22. The third-order valence-corrected chi connectivity index (χ3v) is 1.71. The molecule has 1 aromatic heterocycles. The smallest absolute Gasteiger partial charge is 0.174 e. The number of nitrogens with one attached hydrogen (secondary N) is 2. The number of anilines is 1. The van der Waals surface area contributed by atoms with Crippen LogP contribution in [0.25, 0.3) is 0 Å². The maximum absolute atomic E-state index is 9.39. The highest BCUT2D eigenvalue weighted by Crippen LogP contribution is 2.18. The van der Waals surface area contributed by atoms with Gasteiger partial charge in [-0.3, -0.25) is 4.98 Å². The standard InChI is InChI=1S/C6H6N4OS/c11-5-3-4(8-2-1-7-3)9-6(12)10-5/h1-2,5,11H,(H2,8,9,10,12). The number of thiocarbonyl (C=S) groups is 1. The normalized spacial score (nSPS) is 20.8. The Morgan fingerprint density at radius 1 is 1.42 bits per heavy atom. The summed E-state index contributed by atoms with van der Waals surface area (Å²) in [5, 5.41) is 15.1. The Morgan fingerprint density at radius 2 is 2.17 bits per heavy atom. The van der Waals surface area contributed by atoms with E-state index in [-0.39, 0.29) is 0 Å². The topological polar surface area (TPSA) is 70.1 Å². The minimum Gasteiger partial charge on any atom is -0.368 e. The Hall–Kier alpha value is -1.27. The van der Waals surface area contributed by atoms with Crippen molar-refractivity contribution >= 4 is 23.1 Å². The quantitative estimate of drug-likeness (QED) is 0.481. The van der Waals surface area contributed by atoms with Crippen molar-refractivity contribution in [1.82, 2.24) is 15.3 Å². The van der Waals surface area contributed by atoms with Crippen molar-refractivity contribution in [3.63, 3.8) is 0 Å². The zero-order valence-corrected chi connectivity index (χ0v) is 6.80. The average Bonchev–Trinajstić information content (AvgIpc) is 2.04. The second-order valence-corrected chi connectivity index (χ2v) is 2.70. The molecular weight excluding hydrogens is 176 g/mol. The first-order valence-electron chi connectivity index (χ1n) is 3.34. The molecule has 12 heavy (non-hydrogen) atoms. The third kappa shape index (κ3) is 1.10. The Balaban J connectivity index is 2.47. The van der Waals surface area contributed by atoms with E-state index in [9.17, 15) is 5.11 Å². The summed E-state index contributed by atoms with van der Waals surface area (Å²) in [5.74, 6) is 0.508. The second-order valence-electron chi connectivity index (χ2n) is 2.29. The van der Waals surface area contributed by atoms with Gasteiger partial charge in [0, 0.05) is 12.4 Å². The first-order valence-corrected chi connectivity index (χ1v) is 3.74. The van der Waals surface area contributed by atoms with Gasteiger partial charge in [-0.1, -0.05) is 0 Å². The zero-order valence-electron chi connectivity index (χ0n) is 5.98. The van der Waals surface area contributed by atoms with E-state index in [1.807, 2.05) is 0 Å². The van der Waals surface area contributed by atoms with E-state index in [1.165, 1.54) is 12.4 Å².